The van der Waals surface area contributed by atoms with Crippen molar-refractivity contribution in [1.29, 1.82) is 0 Å². The number of aromatic nitrogens is 3. The van der Waals surface area contributed by atoms with Crippen LogP contribution in [0.2, 0.25) is 0 Å². The van der Waals surface area contributed by atoms with Crippen LogP contribution < -0.4 is 16.8 Å². The van der Waals surface area contributed by atoms with E-state index in [2.05, 4.69) is 5.43 Å². The van der Waals surface area contributed by atoms with Crippen LogP contribution in [0.25, 0.3) is 0 Å². The summed E-state index contributed by atoms with van der Waals surface area (Å²) < 4.78 is 3.85. The van der Waals surface area contributed by atoms with Crippen molar-refractivity contribution in [2.24, 2.45) is 13.0 Å². The second-order valence-corrected chi connectivity index (χ2v) is 11.7. The number of imide groups is 1. The van der Waals surface area contributed by atoms with Gasteiger partial charge < -0.3 is 5.11 Å². The summed E-state index contributed by atoms with van der Waals surface area (Å²) >= 11 is 0. The number of para-hydroxylation sites is 1. The van der Waals surface area contributed by atoms with Crippen LogP contribution in [0.5, 0.6) is 5.75 Å². The summed E-state index contributed by atoms with van der Waals surface area (Å²) in [5, 5.41) is 12.6. The maximum absolute atomic E-state index is 15.0. The lowest BCUT2D eigenvalue weighted by Crippen LogP contribution is -2.53. The van der Waals surface area contributed by atoms with Crippen molar-refractivity contribution >= 4 is 17.5 Å². The number of nitrogens with one attached hydrogen (secondary N) is 1. The van der Waals surface area contributed by atoms with Gasteiger partial charge in [0.1, 0.15) is 5.75 Å². The molecular formula is C33H31N5O5. The molecular weight excluding hydrogens is 546 g/mol. The summed E-state index contributed by atoms with van der Waals surface area (Å²) in [6, 6.07) is 21.3. The Kier molecular flexibility index (Phi) is 5.88. The summed E-state index contributed by atoms with van der Waals surface area (Å²) in [5.74, 6) is -2.58. The molecule has 218 valence electrons. The lowest BCUT2D eigenvalue weighted by atomic mass is 9.53. The molecule has 4 unspecified atom stereocenters. The largest absolute Gasteiger partial charge is 0.507 e. The van der Waals surface area contributed by atoms with E-state index in [1.807, 2.05) is 61.5 Å². The van der Waals surface area contributed by atoms with Crippen LogP contribution >= 0.6 is 0 Å². The zero-order valence-electron chi connectivity index (χ0n) is 24.0. The maximum atomic E-state index is 15.0. The fourth-order valence-electron chi connectivity index (χ4n) is 7.38. The summed E-state index contributed by atoms with van der Waals surface area (Å²) in [4.78, 5) is 55.8. The molecule has 2 N–H and O–H groups in total. The number of phenols is 1. The first-order chi connectivity index (χ1) is 20.7. The molecule has 4 aromatic rings. The molecule has 2 amide bonds. The van der Waals surface area contributed by atoms with Crippen LogP contribution in [0.3, 0.4) is 0 Å². The van der Waals surface area contributed by atoms with E-state index in [0.29, 0.717) is 28.0 Å². The molecule has 1 aliphatic carbocycles. The zero-order valence-corrected chi connectivity index (χ0v) is 24.0. The van der Waals surface area contributed by atoms with E-state index in [1.54, 1.807) is 31.2 Å². The summed E-state index contributed by atoms with van der Waals surface area (Å²) in [6.07, 6.45) is 2.00. The first kappa shape index (κ1) is 26.8. The van der Waals surface area contributed by atoms with Gasteiger partial charge in [-0.25, -0.2) is 23.5 Å². The molecule has 2 aliphatic heterocycles. The Bertz CT molecular complexity index is 1950. The highest BCUT2D eigenvalue weighted by Gasteiger charge is 2.69. The standard InChI is InChI=1S/C33H31N5O5/c1-19-12-14-22(15-13-19)34-37-29(40)25-18-26-23(16-17-36-31(42)35(3)32(43)38(26)36)27(24-11-7-8-20(2)28(24)39)33(25,30(37)41)21-9-5-4-6-10-21/h4-16,25-27,34,39H,17-18H2,1-3H3. The predicted molar refractivity (Wildman–Crippen MR) is 160 cm³/mol. The SMILES string of the molecule is Cc1ccc(NN2C(=O)C3CC4C(=CCn5c(=O)n(C)c(=O)n54)C(c4cccc(C)c4O)C3(c3ccccc3)C2=O)cc1. The molecule has 7 rings (SSSR count). The molecule has 1 saturated heterocycles. The maximum Gasteiger partial charge on any atom is 0.347 e. The van der Waals surface area contributed by atoms with Crippen LogP contribution in [0.4, 0.5) is 5.69 Å². The Morgan fingerprint density at radius 1 is 0.884 bits per heavy atom. The fourth-order valence-corrected chi connectivity index (χ4v) is 7.38. The van der Waals surface area contributed by atoms with E-state index in [0.717, 1.165) is 15.1 Å². The van der Waals surface area contributed by atoms with Crippen molar-refractivity contribution in [1.82, 2.24) is 18.9 Å². The number of benzene rings is 3. The molecule has 10 nitrogen and oxygen atoms in total. The van der Waals surface area contributed by atoms with Gasteiger partial charge in [-0.3, -0.25) is 15.0 Å². The van der Waals surface area contributed by atoms with Crippen molar-refractivity contribution in [3.05, 3.63) is 128 Å². The molecule has 0 bridgehead atoms. The fraction of sp³-hybridized carbons (Fsp3) is 0.273. The van der Waals surface area contributed by atoms with Crippen molar-refractivity contribution in [3.63, 3.8) is 0 Å². The summed E-state index contributed by atoms with van der Waals surface area (Å²) in [5.41, 5.74) is 4.75. The third-order valence-corrected chi connectivity index (χ3v) is 9.43. The van der Waals surface area contributed by atoms with E-state index >= 15 is 0 Å². The minimum absolute atomic E-state index is 0.0247. The number of hydrogen-bond donors (Lipinski definition) is 2. The third-order valence-electron chi connectivity index (χ3n) is 9.43. The monoisotopic (exact) mass is 577 g/mol. The molecule has 43 heavy (non-hydrogen) atoms. The minimum Gasteiger partial charge on any atom is -0.507 e. The molecule has 3 aliphatic rings. The number of allylic oxidation sites excluding steroid dienone is 2. The molecule has 4 atom stereocenters. The number of aromatic hydroxyl groups is 1. The zero-order chi connectivity index (χ0) is 30.2. The van der Waals surface area contributed by atoms with Crippen molar-refractivity contribution in [2.75, 3.05) is 5.43 Å². The van der Waals surface area contributed by atoms with Crippen LogP contribution in [0, 0.1) is 19.8 Å². The molecule has 0 spiro atoms. The summed E-state index contributed by atoms with van der Waals surface area (Å²) in [7, 11) is 1.43. The van der Waals surface area contributed by atoms with E-state index in [4.69, 9.17) is 0 Å². The number of carbonyl (C=O) groups is 2. The highest BCUT2D eigenvalue weighted by Crippen LogP contribution is 2.62. The third kappa shape index (κ3) is 3.58. The number of phenolic OH excluding ortho intramolecular Hbond substituents is 1. The van der Waals surface area contributed by atoms with Gasteiger partial charge in [0, 0.05) is 18.5 Å². The van der Waals surface area contributed by atoms with E-state index in [9.17, 15) is 24.3 Å². The van der Waals surface area contributed by atoms with Gasteiger partial charge in [-0.05, 0) is 49.1 Å². The highest BCUT2D eigenvalue weighted by atomic mass is 16.3. The Morgan fingerprint density at radius 3 is 2.33 bits per heavy atom. The Labute approximate surface area is 247 Å². The average molecular weight is 578 g/mol. The Balaban J connectivity index is 1.52. The number of anilines is 1. The van der Waals surface area contributed by atoms with Crippen molar-refractivity contribution in [3.8, 4) is 5.75 Å². The quantitative estimate of drug-likeness (QED) is 0.284. The van der Waals surface area contributed by atoms with E-state index in [-0.39, 0.29) is 18.7 Å². The lowest BCUT2D eigenvalue weighted by Gasteiger charge is -2.49. The van der Waals surface area contributed by atoms with Crippen LogP contribution in [-0.2, 0) is 28.6 Å². The number of carbonyl (C=O) groups excluding carboxylic acids is 2. The van der Waals surface area contributed by atoms with Crippen molar-refractivity contribution in [2.45, 2.75) is 44.2 Å². The first-order valence-electron chi connectivity index (χ1n) is 14.3. The second-order valence-electron chi connectivity index (χ2n) is 11.7. The molecule has 1 saturated carbocycles. The average Bonchev–Trinajstić information content (AvgIpc) is 3.37. The van der Waals surface area contributed by atoms with Gasteiger partial charge in [0.25, 0.3) is 11.8 Å². The predicted octanol–water partition coefficient (Wildman–Crippen LogP) is 3.29. The molecule has 10 heteroatoms. The first-order valence-corrected chi connectivity index (χ1v) is 14.3. The molecule has 3 aromatic carbocycles. The number of amides is 2. The topological polar surface area (TPSA) is 119 Å². The van der Waals surface area contributed by atoms with Gasteiger partial charge >= 0.3 is 11.4 Å². The summed E-state index contributed by atoms with van der Waals surface area (Å²) in [6.45, 7) is 3.86. The minimum atomic E-state index is -1.44. The lowest BCUT2D eigenvalue weighted by molar-refractivity contribution is -0.138. The number of fused-ring (bicyclic) bond motifs is 4. The molecule has 0 radical (unpaired) electrons. The van der Waals surface area contributed by atoms with Crippen LogP contribution in [0.15, 0.2) is 94.0 Å². The Morgan fingerprint density at radius 2 is 1.60 bits per heavy atom. The van der Waals surface area contributed by atoms with Crippen LogP contribution in [0.1, 0.15) is 40.6 Å². The number of hydrogen-bond acceptors (Lipinski definition) is 6. The van der Waals surface area contributed by atoms with E-state index < -0.39 is 46.5 Å². The van der Waals surface area contributed by atoms with Crippen molar-refractivity contribution < 1.29 is 14.7 Å². The van der Waals surface area contributed by atoms with E-state index in [1.165, 1.54) is 16.4 Å². The second kappa shape index (κ2) is 9.45. The molecule has 2 fully saturated rings. The van der Waals surface area contributed by atoms with Gasteiger partial charge in [-0.2, -0.15) is 5.01 Å². The number of nitrogens with zero attached hydrogens (tertiary/aromatic N) is 4. The van der Waals surface area contributed by atoms with Gasteiger partial charge in [-0.1, -0.05) is 72.3 Å². The number of aryl methyl sites for hydroxylation is 2. The smallest absolute Gasteiger partial charge is 0.347 e. The van der Waals surface area contributed by atoms with Crippen LogP contribution in [-0.4, -0.2) is 35.9 Å². The number of hydrazine groups is 1. The number of rotatable bonds is 4. The van der Waals surface area contributed by atoms with Gasteiger partial charge in [-0.15, -0.1) is 0 Å². The van der Waals surface area contributed by atoms with Gasteiger partial charge in [0.05, 0.1) is 29.6 Å². The molecule has 1 aromatic heterocycles. The van der Waals surface area contributed by atoms with Gasteiger partial charge in [0.2, 0.25) is 0 Å². The normalized spacial score (nSPS) is 24.3. The molecule has 3 heterocycles. The van der Waals surface area contributed by atoms with Gasteiger partial charge in [0.15, 0.2) is 0 Å². The highest BCUT2D eigenvalue weighted by molar-refractivity contribution is 6.12. The Hall–Kier alpha value is -5.12.